The molecule has 3 rings (SSSR count). The summed E-state index contributed by atoms with van der Waals surface area (Å²) in [6.07, 6.45) is 1.91. The van der Waals surface area contributed by atoms with Crippen LogP contribution < -0.4 is 9.84 Å². The molecule has 0 saturated carbocycles. The number of carboxylic acids is 1. The highest BCUT2D eigenvalue weighted by Gasteiger charge is 2.19. The first kappa shape index (κ1) is 13.7. The van der Waals surface area contributed by atoms with E-state index < -0.39 is 5.97 Å². The number of hydrogen-bond donors (Lipinski definition) is 0. The van der Waals surface area contributed by atoms with Crippen molar-refractivity contribution in [3.05, 3.63) is 70.8 Å². The van der Waals surface area contributed by atoms with Crippen LogP contribution in [0.4, 0.5) is 0 Å². The van der Waals surface area contributed by atoms with Crippen molar-refractivity contribution in [3.63, 3.8) is 0 Å². The van der Waals surface area contributed by atoms with Crippen molar-refractivity contribution in [2.75, 3.05) is 5.88 Å². The standard InChI is InChI=1S/C17H13ClO3/c18-8-7-14-13-4-2-1-3-12(13)10-21-16-9-11(17(19)20)5-6-15(14)16/h1-7,9H,8,10H2,(H,19,20)/p-1/b14-7+. The topological polar surface area (TPSA) is 49.4 Å². The van der Waals surface area contributed by atoms with Crippen LogP contribution in [0.15, 0.2) is 48.5 Å². The summed E-state index contributed by atoms with van der Waals surface area (Å²) in [5.41, 5.74) is 3.99. The number of ether oxygens (including phenoxy) is 1. The highest BCUT2D eigenvalue weighted by molar-refractivity contribution is 6.19. The van der Waals surface area contributed by atoms with Crippen molar-refractivity contribution in [1.29, 1.82) is 0 Å². The molecule has 0 aliphatic carbocycles. The molecule has 1 heterocycles. The van der Waals surface area contributed by atoms with Gasteiger partial charge in [0.25, 0.3) is 0 Å². The summed E-state index contributed by atoms with van der Waals surface area (Å²) in [6.45, 7) is 0.388. The van der Waals surface area contributed by atoms with Gasteiger partial charge in [0, 0.05) is 17.0 Å². The Hall–Kier alpha value is -2.26. The van der Waals surface area contributed by atoms with Gasteiger partial charge in [0.15, 0.2) is 0 Å². The lowest BCUT2D eigenvalue weighted by Crippen LogP contribution is -2.22. The van der Waals surface area contributed by atoms with Crippen molar-refractivity contribution >= 4 is 23.1 Å². The maximum Gasteiger partial charge on any atom is 0.128 e. The molecule has 1 aliphatic rings. The second-order valence-corrected chi connectivity index (χ2v) is 5.02. The number of alkyl halides is 1. The van der Waals surface area contributed by atoms with Crippen molar-refractivity contribution in [2.24, 2.45) is 0 Å². The minimum absolute atomic E-state index is 0.102. The Labute approximate surface area is 127 Å². The van der Waals surface area contributed by atoms with Gasteiger partial charge in [-0.15, -0.1) is 11.6 Å². The van der Waals surface area contributed by atoms with Crippen molar-refractivity contribution < 1.29 is 14.6 Å². The normalized spacial score (nSPS) is 14.8. The van der Waals surface area contributed by atoms with Crippen molar-refractivity contribution in [1.82, 2.24) is 0 Å². The SMILES string of the molecule is O=C([O-])c1ccc2c(c1)OCc1ccccc1/C2=C\CCl. The number of hydrogen-bond acceptors (Lipinski definition) is 3. The molecule has 2 aromatic carbocycles. The summed E-state index contributed by atoms with van der Waals surface area (Å²) in [5.74, 6) is -0.318. The van der Waals surface area contributed by atoms with Crippen LogP contribution >= 0.6 is 11.6 Å². The monoisotopic (exact) mass is 299 g/mol. The van der Waals surface area contributed by atoms with E-state index in [1.807, 2.05) is 30.3 Å². The summed E-state index contributed by atoms with van der Waals surface area (Å²) < 4.78 is 5.77. The maximum absolute atomic E-state index is 11.0. The van der Waals surface area contributed by atoms with Gasteiger partial charge in [0.2, 0.25) is 0 Å². The number of benzene rings is 2. The maximum atomic E-state index is 11.0. The third kappa shape index (κ3) is 2.52. The first-order chi connectivity index (χ1) is 10.2. The van der Waals surface area contributed by atoms with Gasteiger partial charge in [-0.3, -0.25) is 0 Å². The number of carbonyl (C=O) groups is 1. The van der Waals surface area contributed by atoms with Crippen LogP contribution in [0.1, 0.15) is 27.0 Å². The van der Waals surface area contributed by atoms with E-state index >= 15 is 0 Å². The second-order valence-electron chi connectivity index (χ2n) is 4.72. The second kappa shape index (κ2) is 5.62. The summed E-state index contributed by atoms with van der Waals surface area (Å²) in [4.78, 5) is 11.0. The lowest BCUT2D eigenvalue weighted by molar-refractivity contribution is -0.255. The van der Waals surface area contributed by atoms with Gasteiger partial charge >= 0.3 is 0 Å². The Morgan fingerprint density at radius 2 is 2.05 bits per heavy atom. The Morgan fingerprint density at radius 1 is 1.24 bits per heavy atom. The fraction of sp³-hybridized carbons (Fsp3) is 0.118. The van der Waals surface area contributed by atoms with Crippen LogP contribution in [0.5, 0.6) is 5.75 Å². The van der Waals surface area contributed by atoms with Crippen LogP contribution in [0.25, 0.3) is 5.57 Å². The van der Waals surface area contributed by atoms with Crippen LogP contribution in [0.2, 0.25) is 0 Å². The molecule has 0 atom stereocenters. The number of carbonyl (C=O) groups excluding carboxylic acids is 1. The lowest BCUT2D eigenvalue weighted by Gasteiger charge is -2.12. The van der Waals surface area contributed by atoms with E-state index in [1.165, 1.54) is 12.1 Å². The molecule has 0 unspecified atom stereocenters. The van der Waals surface area contributed by atoms with E-state index in [2.05, 4.69) is 0 Å². The van der Waals surface area contributed by atoms with Crippen molar-refractivity contribution in [2.45, 2.75) is 6.61 Å². The summed E-state index contributed by atoms with van der Waals surface area (Å²) in [5, 5.41) is 11.0. The number of rotatable bonds is 2. The highest BCUT2D eigenvalue weighted by atomic mass is 35.5. The molecule has 2 aromatic rings. The predicted molar refractivity (Wildman–Crippen MR) is 79.3 cm³/mol. The molecule has 0 saturated heterocycles. The first-order valence-corrected chi connectivity index (χ1v) is 7.07. The third-order valence-electron chi connectivity index (χ3n) is 3.48. The van der Waals surface area contributed by atoms with E-state index in [-0.39, 0.29) is 5.56 Å². The van der Waals surface area contributed by atoms with E-state index in [1.54, 1.807) is 6.07 Å². The number of allylic oxidation sites excluding steroid dienone is 1. The van der Waals surface area contributed by atoms with Crippen LogP contribution in [0.3, 0.4) is 0 Å². The first-order valence-electron chi connectivity index (χ1n) is 6.53. The number of halogens is 1. The van der Waals surface area contributed by atoms with E-state index in [4.69, 9.17) is 16.3 Å². The molecule has 0 N–H and O–H groups in total. The van der Waals surface area contributed by atoms with Gasteiger partial charge in [-0.1, -0.05) is 36.4 Å². The molecule has 106 valence electrons. The van der Waals surface area contributed by atoms with Gasteiger partial charge in [0.05, 0.1) is 5.97 Å². The molecule has 0 aromatic heterocycles. The molecule has 0 bridgehead atoms. The van der Waals surface area contributed by atoms with Crippen molar-refractivity contribution in [3.8, 4) is 5.75 Å². The van der Waals surface area contributed by atoms with Crippen LogP contribution in [-0.4, -0.2) is 11.8 Å². The molecule has 0 amide bonds. The fourth-order valence-corrected chi connectivity index (χ4v) is 2.65. The molecular formula is C17H12ClO3-. The zero-order valence-electron chi connectivity index (χ0n) is 11.1. The molecule has 0 radical (unpaired) electrons. The van der Waals surface area contributed by atoms with Crippen LogP contribution in [-0.2, 0) is 6.61 Å². The molecule has 21 heavy (non-hydrogen) atoms. The zero-order valence-corrected chi connectivity index (χ0v) is 11.9. The minimum atomic E-state index is -1.22. The number of fused-ring (bicyclic) bond motifs is 2. The number of carboxylic acid groups (broad SMARTS) is 1. The molecule has 0 spiro atoms. The molecular weight excluding hydrogens is 288 g/mol. The predicted octanol–water partition coefficient (Wildman–Crippen LogP) is 2.61. The summed E-state index contributed by atoms with van der Waals surface area (Å²) >= 11 is 5.88. The average molecular weight is 300 g/mol. The molecule has 0 fully saturated rings. The van der Waals surface area contributed by atoms with E-state index in [0.717, 1.165) is 22.3 Å². The smallest absolute Gasteiger partial charge is 0.128 e. The summed E-state index contributed by atoms with van der Waals surface area (Å²) in [6, 6.07) is 12.7. The zero-order chi connectivity index (χ0) is 14.8. The third-order valence-corrected chi connectivity index (χ3v) is 3.63. The Kier molecular flexibility index (Phi) is 3.67. The van der Waals surface area contributed by atoms with Crippen LogP contribution in [0, 0.1) is 0 Å². The Bertz CT molecular complexity index is 735. The largest absolute Gasteiger partial charge is 0.545 e. The van der Waals surface area contributed by atoms with Gasteiger partial charge in [-0.05, 0) is 28.8 Å². The molecule has 1 aliphatic heterocycles. The van der Waals surface area contributed by atoms with E-state index in [9.17, 15) is 9.90 Å². The fourth-order valence-electron chi connectivity index (χ4n) is 2.50. The minimum Gasteiger partial charge on any atom is -0.545 e. The molecule has 3 nitrogen and oxygen atoms in total. The highest BCUT2D eigenvalue weighted by Crippen LogP contribution is 2.37. The van der Waals surface area contributed by atoms with E-state index in [0.29, 0.717) is 18.2 Å². The Balaban J connectivity index is 2.20. The average Bonchev–Trinajstić information content (AvgIpc) is 2.65. The van der Waals surface area contributed by atoms with Gasteiger partial charge in [-0.2, -0.15) is 0 Å². The van der Waals surface area contributed by atoms with Gasteiger partial charge in [0.1, 0.15) is 12.4 Å². The summed E-state index contributed by atoms with van der Waals surface area (Å²) in [7, 11) is 0. The Morgan fingerprint density at radius 3 is 2.81 bits per heavy atom. The van der Waals surface area contributed by atoms with Gasteiger partial charge < -0.3 is 14.6 Å². The number of aromatic carboxylic acids is 1. The molecule has 4 heteroatoms. The quantitative estimate of drug-likeness (QED) is 0.801. The lowest BCUT2D eigenvalue weighted by atomic mass is 9.93. The van der Waals surface area contributed by atoms with Gasteiger partial charge in [-0.25, -0.2) is 0 Å².